The molecule has 32 heavy (non-hydrogen) atoms. The van der Waals surface area contributed by atoms with Gasteiger partial charge in [-0.05, 0) is 60.7 Å². The lowest BCUT2D eigenvalue weighted by Gasteiger charge is -2.15. The molecule has 1 aliphatic heterocycles. The molecule has 0 aromatic heterocycles. The van der Waals surface area contributed by atoms with E-state index in [1.807, 2.05) is 24.3 Å². The molecule has 1 fully saturated rings. The van der Waals surface area contributed by atoms with Crippen LogP contribution in [-0.2, 0) is 4.79 Å². The predicted molar refractivity (Wildman–Crippen MR) is 123 cm³/mol. The van der Waals surface area contributed by atoms with E-state index in [9.17, 15) is 9.59 Å². The normalized spacial score (nSPS) is 19.0. The summed E-state index contributed by atoms with van der Waals surface area (Å²) >= 11 is 12.0. The first-order valence-corrected chi connectivity index (χ1v) is 10.6. The van der Waals surface area contributed by atoms with E-state index < -0.39 is 12.1 Å². The fourth-order valence-corrected chi connectivity index (χ4v) is 3.77. The summed E-state index contributed by atoms with van der Waals surface area (Å²) in [4.78, 5) is 25.8. The Morgan fingerprint density at radius 3 is 2.16 bits per heavy atom. The van der Waals surface area contributed by atoms with Crippen molar-refractivity contribution in [2.75, 3.05) is 7.11 Å². The highest BCUT2D eigenvalue weighted by Crippen LogP contribution is 2.27. The van der Waals surface area contributed by atoms with Crippen LogP contribution in [0.4, 0.5) is 0 Å². The number of nitrogens with one attached hydrogen (secondary N) is 2. The first kappa shape index (κ1) is 21.9. The second-order valence-corrected chi connectivity index (χ2v) is 8.11. The van der Waals surface area contributed by atoms with Gasteiger partial charge in [0, 0.05) is 26.7 Å². The van der Waals surface area contributed by atoms with Crippen LogP contribution in [0.15, 0.2) is 72.8 Å². The SMILES string of the molecule is COc1ccc(C(=O)N[C@H]2C(=O)N/[N+](=C\c3ccc(Cl)cc3)[C@@H]2c2ccc(Cl)cc2)cc1. The van der Waals surface area contributed by atoms with Gasteiger partial charge in [0.25, 0.3) is 5.91 Å². The summed E-state index contributed by atoms with van der Waals surface area (Å²) in [7, 11) is 1.56. The number of halogens is 2. The van der Waals surface area contributed by atoms with Crippen molar-refractivity contribution in [3.63, 3.8) is 0 Å². The van der Waals surface area contributed by atoms with Gasteiger partial charge in [-0.1, -0.05) is 35.3 Å². The van der Waals surface area contributed by atoms with Crippen molar-refractivity contribution in [3.8, 4) is 5.75 Å². The van der Waals surface area contributed by atoms with Gasteiger partial charge in [-0.3, -0.25) is 9.59 Å². The molecule has 3 aromatic carbocycles. The highest BCUT2D eigenvalue weighted by molar-refractivity contribution is 6.30. The molecule has 4 rings (SSSR count). The number of hydrazine groups is 1. The number of hydrogen-bond donors (Lipinski definition) is 2. The molecule has 0 unspecified atom stereocenters. The minimum absolute atomic E-state index is 0.322. The molecule has 0 bridgehead atoms. The Morgan fingerprint density at radius 2 is 1.56 bits per heavy atom. The number of ether oxygens (including phenoxy) is 1. The lowest BCUT2D eigenvalue weighted by molar-refractivity contribution is -0.596. The van der Waals surface area contributed by atoms with Crippen LogP contribution >= 0.6 is 23.2 Å². The highest BCUT2D eigenvalue weighted by atomic mass is 35.5. The van der Waals surface area contributed by atoms with Crippen LogP contribution in [0, 0.1) is 0 Å². The lowest BCUT2D eigenvalue weighted by atomic mass is 9.99. The molecule has 1 aliphatic rings. The third-order valence-electron chi connectivity index (χ3n) is 5.15. The van der Waals surface area contributed by atoms with Crippen LogP contribution in [0.5, 0.6) is 5.75 Å². The summed E-state index contributed by atoms with van der Waals surface area (Å²) in [5.41, 5.74) is 4.93. The molecular weight excluding hydrogens is 449 g/mol. The molecule has 8 heteroatoms. The van der Waals surface area contributed by atoms with Crippen molar-refractivity contribution in [1.82, 2.24) is 10.7 Å². The summed E-state index contributed by atoms with van der Waals surface area (Å²) in [6.45, 7) is 0. The van der Waals surface area contributed by atoms with Gasteiger partial charge in [-0.2, -0.15) is 0 Å². The molecule has 2 amide bonds. The number of benzene rings is 3. The maximum absolute atomic E-state index is 12.9. The first-order valence-electron chi connectivity index (χ1n) is 9.84. The van der Waals surface area contributed by atoms with Crippen LogP contribution < -0.4 is 15.5 Å². The van der Waals surface area contributed by atoms with Crippen LogP contribution in [0.2, 0.25) is 10.0 Å². The zero-order valence-corrected chi connectivity index (χ0v) is 18.6. The molecule has 6 nitrogen and oxygen atoms in total. The molecule has 0 saturated carbocycles. The van der Waals surface area contributed by atoms with Gasteiger partial charge < -0.3 is 10.1 Å². The van der Waals surface area contributed by atoms with E-state index in [4.69, 9.17) is 27.9 Å². The van der Waals surface area contributed by atoms with Gasteiger partial charge in [0.15, 0.2) is 6.04 Å². The Bertz CT molecular complexity index is 1160. The van der Waals surface area contributed by atoms with Crippen LogP contribution in [-0.4, -0.2) is 35.9 Å². The van der Waals surface area contributed by atoms with Crippen LogP contribution in [0.3, 0.4) is 0 Å². The topological polar surface area (TPSA) is 70.4 Å². The Labute approximate surface area is 195 Å². The summed E-state index contributed by atoms with van der Waals surface area (Å²) < 4.78 is 6.82. The summed E-state index contributed by atoms with van der Waals surface area (Å²) in [5.74, 6) is -0.0416. The number of hydrogen-bond acceptors (Lipinski definition) is 3. The monoisotopic (exact) mass is 468 g/mol. The Hall–Kier alpha value is -3.35. The van der Waals surface area contributed by atoms with Gasteiger partial charge in [0.1, 0.15) is 5.75 Å². The van der Waals surface area contributed by atoms with Gasteiger partial charge in [-0.15, -0.1) is 10.1 Å². The van der Waals surface area contributed by atoms with Crippen LogP contribution in [0.25, 0.3) is 0 Å². The van der Waals surface area contributed by atoms with Gasteiger partial charge in [0.05, 0.1) is 7.11 Å². The second-order valence-electron chi connectivity index (χ2n) is 7.24. The van der Waals surface area contributed by atoms with Crippen molar-refractivity contribution < 1.29 is 19.0 Å². The van der Waals surface area contributed by atoms with Gasteiger partial charge in [-0.25, -0.2) is 0 Å². The number of carbonyl (C=O) groups is 2. The van der Waals surface area contributed by atoms with Crippen LogP contribution in [0.1, 0.15) is 27.5 Å². The van der Waals surface area contributed by atoms with E-state index >= 15 is 0 Å². The molecule has 162 valence electrons. The fourth-order valence-electron chi connectivity index (χ4n) is 3.52. The Kier molecular flexibility index (Phi) is 6.44. The van der Waals surface area contributed by atoms with E-state index in [2.05, 4.69) is 10.7 Å². The second kappa shape index (κ2) is 9.42. The maximum atomic E-state index is 12.9. The van der Waals surface area contributed by atoms with E-state index in [0.717, 1.165) is 11.1 Å². The average molecular weight is 469 g/mol. The maximum Gasteiger partial charge on any atom is 0.304 e. The molecular formula is C24H20Cl2N3O3+. The third kappa shape index (κ3) is 4.77. The fraction of sp³-hybridized carbons (Fsp3) is 0.125. The van der Waals surface area contributed by atoms with Crippen molar-refractivity contribution >= 4 is 41.2 Å². The minimum atomic E-state index is -0.825. The molecule has 0 radical (unpaired) electrons. The minimum Gasteiger partial charge on any atom is -0.497 e. The molecule has 1 heterocycles. The molecule has 2 N–H and O–H groups in total. The zero-order chi connectivity index (χ0) is 22.7. The predicted octanol–water partition coefficient (Wildman–Crippen LogP) is 4.02. The smallest absolute Gasteiger partial charge is 0.304 e. The quantitative estimate of drug-likeness (QED) is 0.555. The number of nitrogens with zero attached hydrogens (tertiary/aromatic N) is 1. The molecule has 0 aliphatic carbocycles. The first-order chi connectivity index (χ1) is 15.4. The number of carbonyl (C=O) groups excluding carboxylic acids is 2. The highest BCUT2D eigenvalue weighted by Gasteiger charge is 2.47. The number of hydrazone groups is 1. The molecule has 2 atom stereocenters. The summed E-state index contributed by atoms with van der Waals surface area (Å²) in [5, 5.41) is 4.06. The lowest BCUT2D eigenvalue weighted by Crippen LogP contribution is -2.42. The number of amides is 2. The van der Waals surface area contributed by atoms with Gasteiger partial charge >= 0.3 is 5.91 Å². The van der Waals surface area contributed by atoms with Gasteiger partial charge in [0.2, 0.25) is 12.3 Å². The van der Waals surface area contributed by atoms with Crippen molar-refractivity contribution in [1.29, 1.82) is 0 Å². The van der Waals surface area contributed by atoms with Crippen molar-refractivity contribution in [2.24, 2.45) is 0 Å². The largest absolute Gasteiger partial charge is 0.497 e. The molecule has 0 spiro atoms. The van der Waals surface area contributed by atoms with Crippen molar-refractivity contribution in [3.05, 3.63) is 99.5 Å². The number of methoxy groups -OCH3 is 1. The average Bonchev–Trinajstić information content (AvgIpc) is 3.10. The Balaban J connectivity index is 1.67. The van der Waals surface area contributed by atoms with Crippen molar-refractivity contribution in [2.45, 2.75) is 12.1 Å². The van der Waals surface area contributed by atoms with E-state index in [-0.39, 0.29) is 11.8 Å². The zero-order valence-electron chi connectivity index (χ0n) is 17.1. The molecule has 1 saturated heterocycles. The van der Waals surface area contributed by atoms with E-state index in [0.29, 0.717) is 21.4 Å². The third-order valence-corrected chi connectivity index (χ3v) is 5.65. The summed E-state index contributed by atoms with van der Waals surface area (Å²) in [6, 6.07) is 19.8. The summed E-state index contributed by atoms with van der Waals surface area (Å²) in [6.07, 6.45) is 1.80. The standard InChI is InChI=1S/C24H19Cl2N3O3/c1-32-20-12-6-17(7-13-20)23(30)27-21-22(16-4-10-19(26)11-5-16)29(28-24(21)31)14-15-2-8-18(25)9-3-15/h2-14,21-22H,1H3,(H-,27,28,30,31)/p+1/b29-14-/t21-,22-/m1/s1. The van der Waals surface area contributed by atoms with E-state index in [1.54, 1.807) is 66.5 Å². The van der Waals surface area contributed by atoms with E-state index in [1.165, 1.54) is 0 Å². The molecule has 3 aromatic rings. The Morgan fingerprint density at radius 1 is 0.969 bits per heavy atom. The number of rotatable bonds is 5.